The number of nitrogens with two attached hydrogens (primary N) is 1. The Labute approximate surface area is 95.0 Å². The smallest absolute Gasteiger partial charge is 0.240 e. The maximum Gasteiger partial charge on any atom is 0.240 e. The topological polar surface area (TPSA) is 80.5 Å². The van der Waals surface area contributed by atoms with E-state index in [2.05, 4.69) is 0 Å². The Hall–Kier alpha value is -1.39. The van der Waals surface area contributed by atoms with Crippen LogP contribution in [0.1, 0.15) is 33.1 Å². The molecule has 0 bridgehead atoms. The van der Waals surface area contributed by atoms with E-state index in [4.69, 9.17) is 5.73 Å². The molecule has 1 rings (SSSR count). The molecule has 0 spiro atoms. The minimum Gasteiger partial charge on any atom is -0.368 e. The molecular weight excluding hydrogens is 208 g/mol. The number of amides is 2. The fraction of sp³-hybridized carbons (Fsp3) is 0.727. The van der Waals surface area contributed by atoms with Gasteiger partial charge in [0.1, 0.15) is 11.8 Å². The van der Waals surface area contributed by atoms with Crippen LogP contribution in [-0.2, 0) is 14.4 Å². The van der Waals surface area contributed by atoms with Crippen molar-refractivity contribution in [3.63, 3.8) is 0 Å². The lowest BCUT2D eigenvalue weighted by molar-refractivity contribution is -0.136. The van der Waals surface area contributed by atoms with E-state index in [-0.39, 0.29) is 17.6 Å². The predicted molar refractivity (Wildman–Crippen MR) is 58.4 cm³/mol. The number of carbonyl (C=O) groups excluding carboxylic acids is 3. The van der Waals surface area contributed by atoms with E-state index >= 15 is 0 Å². The molecule has 0 radical (unpaired) electrons. The molecule has 1 aliphatic heterocycles. The van der Waals surface area contributed by atoms with Crippen LogP contribution >= 0.6 is 0 Å². The van der Waals surface area contributed by atoms with Crippen LogP contribution in [0, 0.1) is 5.92 Å². The average molecular weight is 226 g/mol. The normalized spacial score (nSPS) is 22.2. The van der Waals surface area contributed by atoms with Crippen molar-refractivity contribution >= 4 is 17.6 Å². The highest BCUT2D eigenvalue weighted by Crippen LogP contribution is 2.24. The molecule has 5 heteroatoms. The zero-order chi connectivity index (χ0) is 12.3. The molecule has 0 saturated carbocycles. The quantitative estimate of drug-likeness (QED) is 0.720. The molecule has 2 atom stereocenters. The summed E-state index contributed by atoms with van der Waals surface area (Å²) in [6, 6.07) is -0.524. The second-order valence-corrected chi connectivity index (χ2v) is 4.35. The first kappa shape index (κ1) is 12.7. The molecule has 2 amide bonds. The number of primary amides is 1. The Bertz CT molecular complexity index is 314. The van der Waals surface area contributed by atoms with Gasteiger partial charge in [-0.2, -0.15) is 0 Å². The molecule has 0 aromatic carbocycles. The number of rotatable bonds is 5. The van der Waals surface area contributed by atoms with Crippen LogP contribution in [0.4, 0.5) is 0 Å². The summed E-state index contributed by atoms with van der Waals surface area (Å²) in [5.74, 6) is -0.429. The summed E-state index contributed by atoms with van der Waals surface area (Å²) in [7, 11) is 0. The van der Waals surface area contributed by atoms with Gasteiger partial charge >= 0.3 is 0 Å². The number of carbonyl (C=O) groups is 3. The third kappa shape index (κ3) is 2.81. The first-order chi connectivity index (χ1) is 7.45. The minimum absolute atomic E-state index is 0.0402. The summed E-state index contributed by atoms with van der Waals surface area (Å²) in [6.45, 7) is 3.80. The van der Waals surface area contributed by atoms with Gasteiger partial charge < -0.3 is 15.4 Å². The molecular formula is C11H18N2O3. The van der Waals surface area contributed by atoms with Crippen molar-refractivity contribution in [1.29, 1.82) is 0 Å². The highest BCUT2D eigenvalue weighted by atomic mass is 16.2. The van der Waals surface area contributed by atoms with Gasteiger partial charge in [0.15, 0.2) is 0 Å². The van der Waals surface area contributed by atoms with Gasteiger partial charge in [-0.25, -0.2) is 0 Å². The van der Waals surface area contributed by atoms with E-state index in [9.17, 15) is 14.4 Å². The number of Topliss-reactive ketones (excluding diaryl/α,β-unsaturated/α-hetero) is 1. The molecule has 2 N–H and O–H groups in total. The summed E-state index contributed by atoms with van der Waals surface area (Å²) in [6.07, 6.45) is 1.27. The number of ketones is 1. The van der Waals surface area contributed by atoms with Gasteiger partial charge in [0.25, 0.3) is 0 Å². The first-order valence-electron chi connectivity index (χ1n) is 5.53. The Morgan fingerprint density at radius 1 is 1.56 bits per heavy atom. The van der Waals surface area contributed by atoms with Crippen molar-refractivity contribution in [2.75, 3.05) is 6.54 Å². The fourth-order valence-electron chi connectivity index (χ4n) is 2.23. The maximum atomic E-state index is 11.7. The number of nitrogens with zero attached hydrogens (tertiary/aromatic N) is 1. The minimum atomic E-state index is -0.524. The molecule has 0 aromatic rings. The van der Waals surface area contributed by atoms with Crippen LogP contribution in [0.3, 0.4) is 0 Å². The van der Waals surface area contributed by atoms with E-state index in [0.29, 0.717) is 25.8 Å². The third-order valence-electron chi connectivity index (χ3n) is 2.91. The molecule has 1 aliphatic rings. The van der Waals surface area contributed by atoms with Gasteiger partial charge in [0, 0.05) is 19.4 Å². The van der Waals surface area contributed by atoms with Crippen LogP contribution in [0.15, 0.2) is 0 Å². The predicted octanol–water partition coefficient (Wildman–Crippen LogP) is 0.0779. The third-order valence-corrected chi connectivity index (χ3v) is 2.91. The van der Waals surface area contributed by atoms with Gasteiger partial charge in [-0.1, -0.05) is 6.92 Å². The highest BCUT2D eigenvalue weighted by molar-refractivity contribution is 5.88. The summed E-state index contributed by atoms with van der Waals surface area (Å²) in [5, 5.41) is 0. The molecule has 1 heterocycles. The van der Waals surface area contributed by atoms with Crippen LogP contribution in [0.5, 0.6) is 0 Å². The van der Waals surface area contributed by atoms with E-state index in [1.165, 1.54) is 11.8 Å². The number of hydrogen-bond donors (Lipinski definition) is 1. The van der Waals surface area contributed by atoms with Crippen LogP contribution in [0.2, 0.25) is 0 Å². The summed E-state index contributed by atoms with van der Waals surface area (Å²) in [5.41, 5.74) is 5.24. The highest BCUT2D eigenvalue weighted by Gasteiger charge is 2.36. The van der Waals surface area contributed by atoms with Gasteiger partial charge in [0.2, 0.25) is 11.8 Å². The summed E-state index contributed by atoms with van der Waals surface area (Å²) in [4.78, 5) is 35.3. The van der Waals surface area contributed by atoms with Gasteiger partial charge in [-0.3, -0.25) is 9.59 Å². The van der Waals surface area contributed by atoms with Crippen LogP contribution < -0.4 is 5.73 Å². The Kier molecular flexibility index (Phi) is 4.04. The fourth-order valence-corrected chi connectivity index (χ4v) is 2.23. The lowest BCUT2D eigenvalue weighted by Gasteiger charge is -2.24. The van der Waals surface area contributed by atoms with Crippen LogP contribution in [-0.4, -0.2) is 35.1 Å². The lowest BCUT2D eigenvalue weighted by atomic mass is 10.0. The molecule has 5 nitrogen and oxygen atoms in total. The van der Waals surface area contributed by atoms with Gasteiger partial charge in [-0.05, 0) is 19.3 Å². The zero-order valence-electron chi connectivity index (χ0n) is 9.73. The van der Waals surface area contributed by atoms with Crippen molar-refractivity contribution < 1.29 is 14.4 Å². The van der Waals surface area contributed by atoms with Crippen molar-refractivity contribution in [1.82, 2.24) is 4.90 Å². The second kappa shape index (κ2) is 5.09. The Morgan fingerprint density at radius 3 is 2.62 bits per heavy atom. The summed E-state index contributed by atoms with van der Waals surface area (Å²) < 4.78 is 0. The standard InChI is InChI=1S/C11H18N2O3/c1-3-9(11(12)16)13-6-8(4-7(2)14)5-10(13)15/h8-9H,3-6H2,1-2H3,(H2,12,16)/t8?,9-/m1/s1. The van der Waals surface area contributed by atoms with E-state index < -0.39 is 11.9 Å². The molecule has 1 saturated heterocycles. The Morgan fingerprint density at radius 2 is 2.19 bits per heavy atom. The van der Waals surface area contributed by atoms with E-state index in [1.54, 1.807) is 0 Å². The van der Waals surface area contributed by atoms with Crippen LogP contribution in [0.25, 0.3) is 0 Å². The molecule has 0 aliphatic carbocycles. The van der Waals surface area contributed by atoms with Crippen molar-refractivity contribution in [2.24, 2.45) is 11.7 Å². The van der Waals surface area contributed by atoms with Crippen molar-refractivity contribution in [2.45, 2.75) is 39.2 Å². The number of likely N-dealkylation sites (tertiary alicyclic amines) is 1. The summed E-state index contributed by atoms with van der Waals surface area (Å²) >= 11 is 0. The largest absolute Gasteiger partial charge is 0.368 e. The van der Waals surface area contributed by atoms with E-state index in [0.717, 1.165) is 0 Å². The first-order valence-corrected chi connectivity index (χ1v) is 5.53. The average Bonchev–Trinajstić information content (AvgIpc) is 2.46. The van der Waals surface area contributed by atoms with Gasteiger partial charge in [-0.15, -0.1) is 0 Å². The number of hydrogen-bond acceptors (Lipinski definition) is 3. The SMILES string of the molecule is CC[C@H](C(N)=O)N1CC(CC(C)=O)CC1=O. The maximum absolute atomic E-state index is 11.7. The molecule has 1 unspecified atom stereocenters. The molecule has 90 valence electrons. The Balaban J connectivity index is 2.66. The molecule has 0 aromatic heterocycles. The molecule has 16 heavy (non-hydrogen) atoms. The lowest BCUT2D eigenvalue weighted by Crippen LogP contribution is -2.45. The van der Waals surface area contributed by atoms with Crippen molar-refractivity contribution in [3.05, 3.63) is 0 Å². The zero-order valence-corrected chi connectivity index (χ0v) is 9.73. The van der Waals surface area contributed by atoms with E-state index in [1.807, 2.05) is 6.92 Å². The molecule has 1 fully saturated rings. The van der Waals surface area contributed by atoms with Crippen molar-refractivity contribution in [3.8, 4) is 0 Å². The second-order valence-electron chi connectivity index (χ2n) is 4.35. The van der Waals surface area contributed by atoms with Gasteiger partial charge in [0.05, 0.1) is 0 Å². The monoisotopic (exact) mass is 226 g/mol.